The average Bonchev–Trinajstić information content (AvgIpc) is 2.75. The van der Waals surface area contributed by atoms with Crippen molar-refractivity contribution < 1.29 is 14.7 Å². The number of amides is 1. The van der Waals surface area contributed by atoms with Crippen LogP contribution in [0.4, 0.5) is 0 Å². The number of carboxylic acid groups (broad SMARTS) is 1. The van der Waals surface area contributed by atoms with Gasteiger partial charge in [-0.05, 0) is 25.0 Å². The number of rotatable bonds is 7. The molecule has 5 nitrogen and oxygen atoms in total. The summed E-state index contributed by atoms with van der Waals surface area (Å²) in [4.78, 5) is 24.4. The highest BCUT2D eigenvalue weighted by Gasteiger charge is 2.04. The van der Waals surface area contributed by atoms with Crippen LogP contribution in [0, 0.1) is 0 Å². The van der Waals surface area contributed by atoms with Gasteiger partial charge in [0.05, 0.1) is 0 Å². The highest BCUT2D eigenvalue weighted by atomic mass is 16.4. The molecular formula is C11H16N2O3. The standard InChI is InChI=1S/C11H16N2O3/c14-10(15)6-2-1-3-7-13-11(16)9-5-4-8-12-9/h4-5,8,12H,1-3,6-7H2,(H,13,16)(H,14,15). The number of aromatic amines is 1. The summed E-state index contributed by atoms with van der Waals surface area (Å²) in [6.07, 6.45) is 4.18. The summed E-state index contributed by atoms with van der Waals surface area (Å²) >= 11 is 0. The van der Waals surface area contributed by atoms with E-state index in [0.717, 1.165) is 12.8 Å². The van der Waals surface area contributed by atoms with Gasteiger partial charge in [-0.25, -0.2) is 0 Å². The number of aliphatic carboxylic acids is 1. The first-order chi connectivity index (χ1) is 7.70. The second-order valence-corrected chi connectivity index (χ2v) is 3.54. The second-order valence-electron chi connectivity index (χ2n) is 3.54. The van der Waals surface area contributed by atoms with Crippen LogP contribution in [0.1, 0.15) is 36.2 Å². The molecule has 1 rings (SSSR count). The van der Waals surface area contributed by atoms with Gasteiger partial charge in [0.2, 0.25) is 0 Å². The van der Waals surface area contributed by atoms with Crippen LogP contribution in [0.3, 0.4) is 0 Å². The number of carbonyl (C=O) groups is 2. The molecule has 1 heterocycles. The molecule has 0 fully saturated rings. The van der Waals surface area contributed by atoms with Crippen molar-refractivity contribution in [2.45, 2.75) is 25.7 Å². The zero-order valence-corrected chi connectivity index (χ0v) is 9.03. The van der Waals surface area contributed by atoms with Gasteiger partial charge in [0, 0.05) is 19.2 Å². The summed E-state index contributed by atoms with van der Waals surface area (Å²) < 4.78 is 0. The van der Waals surface area contributed by atoms with Crippen molar-refractivity contribution in [1.82, 2.24) is 10.3 Å². The Balaban J connectivity index is 2.03. The number of aromatic nitrogens is 1. The van der Waals surface area contributed by atoms with Gasteiger partial charge in [-0.2, -0.15) is 0 Å². The SMILES string of the molecule is O=C(O)CCCCCNC(=O)c1ccc[nH]1. The summed E-state index contributed by atoms with van der Waals surface area (Å²) in [6.45, 7) is 0.581. The van der Waals surface area contributed by atoms with Gasteiger partial charge >= 0.3 is 5.97 Å². The van der Waals surface area contributed by atoms with Gasteiger partial charge in [-0.15, -0.1) is 0 Å². The van der Waals surface area contributed by atoms with Gasteiger partial charge in [-0.1, -0.05) is 6.42 Å². The van der Waals surface area contributed by atoms with Crippen molar-refractivity contribution in [3.05, 3.63) is 24.0 Å². The highest BCUT2D eigenvalue weighted by molar-refractivity contribution is 5.92. The lowest BCUT2D eigenvalue weighted by Crippen LogP contribution is -2.24. The molecule has 0 aliphatic heterocycles. The minimum absolute atomic E-state index is 0.122. The van der Waals surface area contributed by atoms with E-state index in [0.29, 0.717) is 18.7 Å². The fourth-order valence-electron chi connectivity index (χ4n) is 1.35. The third-order valence-corrected chi connectivity index (χ3v) is 2.20. The molecule has 1 aromatic heterocycles. The maximum atomic E-state index is 11.4. The molecule has 0 atom stereocenters. The predicted octanol–water partition coefficient (Wildman–Crippen LogP) is 1.39. The topological polar surface area (TPSA) is 82.2 Å². The van der Waals surface area contributed by atoms with E-state index < -0.39 is 5.97 Å². The quantitative estimate of drug-likeness (QED) is 0.612. The molecule has 0 unspecified atom stereocenters. The fraction of sp³-hybridized carbons (Fsp3) is 0.455. The molecule has 0 saturated heterocycles. The van der Waals surface area contributed by atoms with Gasteiger partial charge in [0.25, 0.3) is 5.91 Å². The smallest absolute Gasteiger partial charge is 0.303 e. The van der Waals surface area contributed by atoms with Crippen molar-refractivity contribution in [3.63, 3.8) is 0 Å². The lowest BCUT2D eigenvalue weighted by molar-refractivity contribution is -0.137. The monoisotopic (exact) mass is 224 g/mol. The zero-order valence-electron chi connectivity index (χ0n) is 9.03. The van der Waals surface area contributed by atoms with E-state index in [9.17, 15) is 9.59 Å². The van der Waals surface area contributed by atoms with E-state index >= 15 is 0 Å². The molecule has 5 heteroatoms. The fourth-order valence-corrected chi connectivity index (χ4v) is 1.35. The number of H-pyrrole nitrogens is 1. The van der Waals surface area contributed by atoms with E-state index in [1.54, 1.807) is 18.3 Å². The van der Waals surface area contributed by atoms with Gasteiger partial charge in [0.15, 0.2) is 0 Å². The van der Waals surface area contributed by atoms with E-state index in [-0.39, 0.29) is 12.3 Å². The molecule has 3 N–H and O–H groups in total. The number of nitrogens with one attached hydrogen (secondary N) is 2. The minimum Gasteiger partial charge on any atom is -0.481 e. The molecule has 16 heavy (non-hydrogen) atoms. The average molecular weight is 224 g/mol. The molecule has 0 aliphatic rings. The molecule has 1 aromatic rings. The number of carboxylic acids is 1. The summed E-state index contributed by atoms with van der Waals surface area (Å²) in [5.74, 6) is -0.890. The maximum absolute atomic E-state index is 11.4. The van der Waals surface area contributed by atoms with Crippen molar-refractivity contribution in [2.24, 2.45) is 0 Å². The normalized spacial score (nSPS) is 10.0. The molecule has 0 aromatic carbocycles. The predicted molar refractivity (Wildman–Crippen MR) is 59.2 cm³/mol. The number of carbonyl (C=O) groups excluding carboxylic acids is 1. The van der Waals surface area contributed by atoms with E-state index in [1.165, 1.54) is 0 Å². The molecular weight excluding hydrogens is 208 g/mol. The molecule has 0 bridgehead atoms. The lowest BCUT2D eigenvalue weighted by Gasteiger charge is -2.02. The van der Waals surface area contributed by atoms with Crippen molar-refractivity contribution in [1.29, 1.82) is 0 Å². The van der Waals surface area contributed by atoms with Crippen molar-refractivity contribution in [3.8, 4) is 0 Å². The maximum Gasteiger partial charge on any atom is 0.303 e. The molecule has 0 saturated carbocycles. The van der Waals surface area contributed by atoms with Crippen LogP contribution in [-0.2, 0) is 4.79 Å². The number of hydrogen-bond donors (Lipinski definition) is 3. The molecule has 0 spiro atoms. The van der Waals surface area contributed by atoms with Crippen LogP contribution >= 0.6 is 0 Å². The van der Waals surface area contributed by atoms with E-state index in [1.807, 2.05) is 0 Å². The van der Waals surface area contributed by atoms with Crippen LogP contribution in [0.2, 0.25) is 0 Å². The van der Waals surface area contributed by atoms with Gasteiger partial charge in [0.1, 0.15) is 5.69 Å². The first-order valence-corrected chi connectivity index (χ1v) is 5.33. The van der Waals surface area contributed by atoms with Gasteiger partial charge < -0.3 is 15.4 Å². The first kappa shape index (κ1) is 12.3. The van der Waals surface area contributed by atoms with Crippen molar-refractivity contribution in [2.75, 3.05) is 6.54 Å². The zero-order chi connectivity index (χ0) is 11.8. The first-order valence-electron chi connectivity index (χ1n) is 5.33. The van der Waals surface area contributed by atoms with Crippen molar-refractivity contribution >= 4 is 11.9 Å². The summed E-state index contributed by atoms with van der Waals surface area (Å²) in [6, 6.07) is 3.47. The Hall–Kier alpha value is -1.78. The molecule has 0 aliphatic carbocycles. The van der Waals surface area contributed by atoms with Crippen LogP contribution < -0.4 is 5.32 Å². The van der Waals surface area contributed by atoms with E-state index in [2.05, 4.69) is 10.3 Å². The lowest BCUT2D eigenvalue weighted by atomic mass is 10.2. The number of hydrogen-bond acceptors (Lipinski definition) is 2. The molecule has 1 amide bonds. The minimum atomic E-state index is -0.768. The molecule has 88 valence electrons. The Kier molecular flexibility index (Phi) is 5.11. The summed E-state index contributed by atoms with van der Waals surface area (Å²) in [7, 11) is 0. The Morgan fingerprint density at radius 2 is 2.12 bits per heavy atom. The highest BCUT2D eigenvalue weighted by Crippen LogP contribution is 1.99. The third-order valence-electron chi connectivity index (χ3n) is 2.20. The van der Waals surface area contributed by atoms with Crippen LogP contribution in [0.25, 0.3) is 0 Å². The Bertz CT molecular complexity index is 333. The van der Waals surface area contributed by atoms with E-state index in [4.69, 9.17) is 5.11 Å². The Labute approximate surface area is 93.9 Å². The Morgan fingerprint density at radius 1 is 1.31 bits per heavy atom. The van der Waals surface area contributed by atoms with Crippen LogP contribution in [0.5, 0.6) is 0 Å². The van der Waals surface area contributed by atoms with Crippen LogP contribution in [-0.4, -0.2) is 28.5 Å². The Morgan fingerprint density at radius 3 is 2.75 bits per heavy atom. The third kappa shape index (κ3) is 4.63. The molecule has 0 radical (unpaired) electrons. The summed E-state index contributed by atoms with van der Waals surface area (Å²) in [5, 5.41) is 11.2. The second kappa shape index (κ2) is 6.66. The number of unbranched alkanes of at least 4 members (excludes halogenated alkanes) is 2. The van der Waals surface area contributed by atoms with Gasteiger partial charge in [-0.3, -0.25) is 9.59 Å². The largest absolute Gasteiger partial charge is 0.481 e. The van der Waals surface area contributed by atoms with Crippen LogP contribution in [0.15, 0.2) is 18.3 Å². The summed E-state index contributed by atoms with van der Waals surface area (Å²) in [5.41, 5.74) is 0.547.